The smallest absolute Gasteiger partial charge is 0.229 e. The average molecular weight is 285 g/mol. The van der Waals surface area contributed by atoms with Crippen molar-refractivity contribution in [2.45, 2.75) is 25.3 Å². The quantitative estimate of drug-likeness (QED) is 0.877. The predicted octanol–water partition coefficient (Wildman–Crippen LogP) is 2.56. The van der Waals surface area contributed by atoms with Gasteiger partial charge in [-0.05, 0) is 49.3 Å². The van der Waals surface area contributed by atoms with Crippen LogP contribution in [0.5, 0.6) is 0 Å². The largest absolute Gasteiger partial charge is 0.327 e. The van der Waals surface area contributed by atoms with E-state index < -0.39 is 0 Å². The Labute approximate surface area is 118 Å². The van der Waals surface area contributed by atoms with Crippen molar-refractivity contribution in [3.05, 3.63) is 30.1 Å². The van der Waals surface area contributed by atoms with Crippen LogP contribution < -0.4 is 11.1 Å². The van der Waals surface area contributed by atoms with Gasteiger partial charge in [-0.3, -0.25) is 4.79 Å². The number of hydrogen-bond donors (Lipinski definition) is 2. The number of amides is 1. The van der Waals surface area contributed by atoms with E-state index in [0.717, 1.165) is 19.3 Å². The molecule has 2 fully saturated rings. The molecule has 1 aromatic rings. The molecule has 0 saturated heterocycles. The molecule has 104 valence electrons. The first-order valence-corrected chi connectivity index (χ1v) is 6.47. The molecule has 0 radical (unpaired) electrons. The summed E-state index contributed by atoms with van der Waals surface area (Å²) in [6.07, 6.45) is 3.32. The SMILES string of the molecule is Cl.NC1C2CCC(C2)C1C(=O)Nc1cccc(F)c1. The van der Waals surface area contributed by atoms with E-state index in [9.17, 15) is 9.18 Å². The summed E-state index contributed by atoms with van der Waals surface area (Å²) in [7, 11) is 0. The monoisotopic (exact) mass is 284 g/mol. The zero-order chi connectivity index (χ0) is 12.7. The van der Waals surface area contributed by atoms with Gasteiger partial charge in [0.05, 0.1) is 5.92 Å². The van der Waals surface area contributed by atoms with Crippen molar-refractivity contribution in [1.29, 1.82) is 0 Å². The molecule has 1 amide bonds. The molecule has 3 rings (SSSR count). The summed E-state index contributed by atoms with van der Waals surface area (Å²) in [6, 6.07) is 5.94. The number of hydrogen-bond acceptors (Lipinski definition) is 2. The molecule has 2 aliphatic rings. The third kappa shape index (κ3) is 2.60. The van der Waals surface area contributed by atoms with E-state index in [1.54, 1.807) is 12.1 Å². The minimum atomic E-state index is -0.343. The highest BCUT2D eigenvalue weighted by molar-refractivity contribution is 5.93. The van der Waals surface area contributed by atoms with Gasteiger partial charge in [-0.1, -0.05) is 6.07 Å². The lowest BCUT2D eigenvalue weighted by molar-refractivity contribution is -0.121. The van der Waals surface area contributed by atoms with Gasteiger partial charge in [-0.25, -0.2) is 4.39 Å². The first kappa shape index (κ1) is 14.3. The zero-order valence-electron chi connectivity index (χ0n) is 10.5. The number of nitrogens with two attached hydrogens (primary N) is 1. The van der Waals surface area contributed by atoms with Gasteiger partial charge in [-0.15, -0.1) is 12.4 Å². The van der Waals surface area contributed by atoms with E-state index in [4.69, 9.17) is 5.73 Å². The van der Waals surface area contributed by atoms with Crippen LogP contribution in [0, 0.1) is 23.6 Å². The molecule has 3 N–H and O–H groups in total. The lowest BCUT2D eigenvalue weighted by Gasteiger charge is -2.27. The summed E-state index contributed by atoms with van der Waals surface area (Å²) in [5, 5.41) is 2.78. The number of nitrogens with one attached hydrogen (secondary N) is 1. The number of benzene rings is 1. The molecular weight excluding hydrogens is 267 g/mol. The molecule has 0 spiro atoms. The number of halogens is 2. The second kappa shape index (κ2) is 5.47. The Hall–Kier alpha value is -1.13. The van der Waals surface area contributed by atoms with Crippen molar-refractivity contribution in [2.75, 3.05) is 5.32 Å². The summed E-state index contributed by atoms with van der Waals surface area (Å²) < 4.78 is 13.0. The van der Waals surface area contributed by atoms with Crippen molar-refractivity contribution in [2.24, 2.45) is 23.5 Å². The summed E-state index contributed by atoms with van der Waals surface area (Å²) in [6.45, 7) is 0. The lowest BCUT2D eigenvalue weighted by atomic mass is 9.84. The van der Waals surface area contributed by atoms with Crippen molar-refractivity contribution < 1.29 is 9.18 Å². The highest BCUT2D eigenvalue weighted by Gasteiger charge is 2.49. The van der Waals surface area contributed by atoms with E-state index in [0.29, 0.717) is 17.5 Å². The molecule has 5 heteroatoms. The van der Waals surface area contributed by atoms with Crippen molar-refractivity contribution in [3.8, 4) is 0 Å². The molecule has 1 aromatic carbocycles. The van der Waals surface area contributed by atoms with Gasteiger partial charge in [0.1, 0.15) is 5.82 Å². The van der Waals surface area contributed by atoms with Crippen molar-refractivity contribution >= 4 is 24.0 Å². The number of carbonyl (C=O) groups excluding carboxylic acids is 1. The highest BCUT2D eigenvalue weighted by atomic mass is 35.5. The fourth-order valence-electron chi connectivity index (χ4n) is 3.52. The zero-order valence-corrected chi connectivity index (χ0v) is 11.3. The maximum absolute atomic E-state index is 13.0. The van der Waals surface area contributed by atoms with Gasteiger partial charge in [0.25, 0.3) is 0 Å². The Morgan fingerprint density at radius 1 is 1.32 bits per heavy atom. The molecule has 2 bridgehead atoms. The van der Waals surface area contributed by atoms with Crippen LogP contribution in [0.2, 0.25) is 0 Å². The number of anilines is 1. The van der Waals surface area contributed by atoms with Crippen LogP contribution in [0.25, 0.3) is 0 Å². The predicted molar refractivity (Wildman–Crippen MR) is 74.6 cm³/mol. The lowest BCUT2D eigenvalue weighted by Crippen LogP contribution is -2.42. The Morgan fingerprint density at radius 2 is 2.05 bits per heavy atom. The highest BCUT2D eigenvalue weighted by Crippen LogP contribution is 2.47. The van der Waals surface area contributed by atoms with Crippen LogP contribution in [0.3, 0.4) is 0 Å². The number of fused-ring (bicyclic) bond motifs is 2. The van der Waals surface area contributed by atoms with Gasteiger partial charge >= 0.3 is 0 Å². The van der Waals surface area contributed by atoms with Gasteiger partial charge in [0, 0.05) is 11.7 Å². The standard InChI is InChI=1S/C14H17FN2O.ClH/c15-10-2-1-3-11(7-10)17-14(18)12-8-4-5-9(6-8)13(12)16;/h1-3,7-9,12-13H,4-6,16H2,(H,17,18);1H. The topological polar surface area (TPSA) is 55.1 Å². The number of rotatable bonds is 2. The van der Waals surface area contributed by atoms with Crippen molar-refractivity contribution in [1.82, 2.24) is 0 Å². The van der Waals surface area contributed by atoms with Crippen LogP contribution in [0.4, 0.5) is 10.1 Å². The number of carbonyl (C=O) groups is 1. The molecule has 0 aliphatic heterocycles. The minimum Gasteiger partial charge on any atom is -0.327 e. The third-order valence-electron chi connectivity index (χ3n) is 4.38. The molecule has 4 atom stereocenters. The van der Waals surface area contributed by atoms with E-state index in [-0.39, 0.29) is 36.1 Å². The normalized spacial score (nSPS) is 31.9. The van der Waals surface area contributed by atoms with Crippen LogP contribution in [0.15, 0.2) is 24.3 Å². The van der Waals surface area contributed by atoms with E-state index in [2.05, 4.69) is 5.32 Å². The molecule has 0 heterocycles. The molecule has 4 unspecified atom stereocenters. The molecular formula is C14H18ClFN2O. The molecule has 2 aliphatic carbocycles. The van der Waals surface area contributed by atoms with E-state index in [1.807, 2.05) is 0 Å². The fourth-order valence-corrected chi connectivity index (χ4v) is 3.52. The Bertz CT molecular complexity index is 480. The minimum absolute atomic E-state index is 0. The Balaban J connectivity index is 0.00000133. The van der Waals surface area contributed by atoms with Gasteiger partial charge in [0.2, 0.25) is 5.91 Å². The summed E-state index contributed by atoms with van der Waals surface area (Å²) in [5.74, 6) is 0.411. The van der Waals surface area contributed by atoms with Crippen LogP contribution in [-0.4, -0.2) is 11.9 Å². The van der Waals surface area contributed by atoms with Crippen molar-refractivity contribution in [3.63, 3.8) is 0 Å². The maximum atomic E-state index is 13.0. The molecule has 2 saturated carbocycles. The van der Waals surface area contributed by atoms with Crippen LogP contribution in [0.1, 0.15) is 19.3 Å². The second-order valence-corrected chi connectivity index (χ2v) is 5.44. The maximum Gasteiger partial charge on any atom is 0.229 e. The fraction of sp³-hybridized carbons (Fsp3) is 0.500. The van der Waals surface area contributed by atoms with E-state index >= 15 is 0 Å². The summed E-state index contributed by atoms with van der Waals surface area (Å²) in [4.78, 5) is 12.2. The Kier molecular flexibility index (Phi) is 4.11. The van der Waals surface area contributed by atoms with Gasteiger partial charge < -0.3 is 11.1 Å². The molecule has 3 nitrogen and oxygen atoms in total. The molecule has 0 aromatic heterocycles. The average Bonchev–Trinajstić information content (AvgIpc) is 2.89. The van der Waals surface area contributed by atoms with E-state index in [1.165, 1.54) is 12.1 Å². The molecule has 19 heavy (non-hydrogen) atoms. The van der Waals surface area contributed by atoms with Gasteiger partial charge in [0.15, 0.2) is 0 Å². The second-order valence-electron chi connectivity index (χ2n) is 5.44. The summed E-state index contributed by atoms with van der Waals surface area (Å²) >= 11 is 0. The van der Waals surface area contributed by atoms with Crippen LogP contribution >= 0.6 is 12.4 Å². The Morgan fingerprint density at radius 3 is 2.68 bits per heavy atom. The summed E-state index contributed by atoms with van der Waals surface area (Å²) in [5.41, 5.74) is 6.62. The first-order valence-electron chi connectivity index (χ1n) is 6.47. The van der Waals surface area contributed by atoms with Crippen LogP contribution in [-0.2, 0) is 4.79 Å². The van der Waals surface area contributed by atoms with Gasteiger partial charge in [-0.2, -0.15) is 0 Å². The third-order valence-corrected chi connectivity index (χ3v) is 4.38. The first-order chi connectivity index (χ1) is 8.65.